The van der Waals surface area contributed by atoms with E-state index in [0.717, 1.165) is 24.2 Å². The molecule has 6 heteroatoms. The van der Waals surface area contributed by atoms with Crippen LogP contribution in [0.2, 0.25) is 0 Å². The maximum atomic E-state index is 12.4. The van der Waals surface area contributed by atoms with Crippen molar-refractivity contribution in [2.75, 3.05) is 26.2 Å². The van der Waals surface area contributed by atoms with Gasteiger partial charge in [-0.25, -0.2) is 8.78 Å². The molecule has 1 saturated carbocycles. The van der Waals surface area contributed by atoms with Crippen molar-refractivity contribution in [2.24, 2.45) is 17.6 Å². The maximum Gasteiger partial charge on any atom is 0.255 e. The van der Waals surface area contributed by atoms with Crippen LogP contribution in [-0.2, 0) is 4.79 Å². The number of hydrogen-bond acceptors (Lipinski definition) is 3. The second-order valence-electron chi connectivity index (χ2n) is 4.79. The number of aliphatic hydroxyl groups is 1. The lowest BCUT2D eigenvalue weighted by atomic mass is 9.78. The number of carbonyl (C=O) groups is 1. The molecule has 1 fully saturated rings. The zero-order valence-electron chi connectivity index (χ0n) is 10.5. The highest BCUT2D eigenvalue weighted by Gasteiger charge is 2.33. The molecule has 1 aliphatic rings. The summed E-state index contributed by atoms with van der Waals surface area (Å²) in [6, 6.07) is 0. The van der Waals surface area contributed by atoms with E-state index < -0.39 is 13.0 Å². The lowest BCUT2D eigenvalue weighted by Crippen LogP contribution is -2.45. The molecule has 106 valence electrons. The number of amides is 1. The van der Waals surface area contributed by atoms with Crippen LogP contribution in [0, 0.1) is 11.8 Å². The van der Waals surface area contributed by atoms with Gasteiger partial charge in [0.05, 0.1) is 13.2 Å². The summed E-state index contributed by atoms with van der Waals surface area (Å²) in [5, 5.41) is 8.86. The monoisotopic (exact) mass is 264 g/mol. The topological polar surface area (TPSA) is 66.6 Å². The number of nitrogens with two attached hydrogens (primary N) is 1. The van der Waals surface area contributed by atoms with Crippen molar-refractivity contribution in [3.63, 3.8) is 0 Å². The Hall–Kier alpha value is -0.750. The molecular formula is C12H22F2N2O2. The van der Waals surface area contributed by atoms with Gasteiger partial charge >= 0.3 is 0 Å². The minimum Gasteiger partial charge on any atom is -0.395 e. The molecule has 18 heavy (non-hydrogen) atoms. The van der Waals surface area contributed by atoms with Gasteiger partial charge in [-0.2, -0.15) is 0 Å². The molecule has 0 saturated heterocycles. The SMILES string of the molecule is NCC1CCCCC1C(=O)N(CCO)CC(F)F. The first kappa shape index (κ1) is 15.3. The van der Waals surface area contributed by atoms with E-state index in [1.54, 1.807) is 0 Å². The molecule has 0 aromatic heterocycles. The first-order valence-corrected chi connectivity index (χ1v) is 6.48. The smallest absolute Gasteiger partial charge is 0.255 e. The van der Waals surface area contributed by atoms with Gasteiger partial charge in [-0.1, -0.05) is 12.8 Å². The van der Waals surface area contributed by atoms with Crippen LogP contribution in [0.15, 0.2) is 0 Å². The molecule has 2 atom stereocenters. The predicted molar refractivity (Wildman–Crippen MR) is 64.2 cm³/mol. The molecule has 0 aromatic rings. The summed E-state index contributed by atoms with van der Waals surface area (Å²) in [6.45, 7) is -0.513. The van der Waals surface area contributed by atoms with Gasteiger partial charge in [0, 0.05) is 12.5 Å². The van der Waals surface area contributed by atoms with Crippen LogP contribution in [0.1, 0.15) is 25.7 Å². The van der Waals surface area contributed by atoms with Crippen molar-refractivity contribution in [2.45, 2.75) is 32.1 Å². The van der Waals surface area contributed by atoms with E-state index in [0.29, 0.717) is 13.0 Å². The summed E-state index contributed by atoms with van der Waals surface area (Å²) >= 11 is 0. The average Bonchev–Trinajstić information content (AvgIpc) is 2.37. The molecule has 1 rings (SSSR count). The Morgan fingerprint density at radius 2 is 2.06 bits per heavy atom. The molecule has 3 N–H and O–H groups in total. The van der Waals surface area contributed by atoms with Gasteiger partial charge in [-0.3, -0.25) is 4.79 Å². The number of aliphatic hydroxyl groups excluding tert-OH is 1. The van der Waals surface area contributed by atoms with Crippen molar-refractivity contribution in [3.05, 3.63) is 0 Å². The lowest BCUT2D eigenvalue weighted by Gasteiger charge is -2.34. The van der Waals surface area contributed by atoms with Gasteiger partial charge in [0.25, 0.3) is 6.43 Å². The summed E-state index contributed by atoms with van der Waals surface area (Å²) in [5.41, 5.74) is 5.64. The molecule has 0 aliphatic heterocycles. The first-order valence-electron chi connectivity index (χ1n) is 6.48. The fourth-order valence-corrected chi connectivity index (χ4v) is 2.63. The summed E-state index contributed by atoms with van der Waals surface area (Å²) in [6.07, 6.45) is 1.01. The zero-order chi connectivity index (χ0) is 13.5. The normalized spacial score (nSPS) is 24.3. The van der Waals surface area contributed by atoms with Crippen LogP contribution in [0.4, 0.5) is 8.78 Å². The quantitative estimate of drug-likeness (QED) is 0.747. The van der Waals surface area contributed by atoms with Crippen molar-refractivity contribution >= 4 is 5.91 Å². The first-order chi connectivity index (χ1) is 8.60. The number of alkyl halides is 2. The van der Waals surface area contributed by atoms with Gasteiger partial charge in [0.2, 0.25) is 5.91 Å². The third-order valence-electron chi connectivity index (χ3n) is 3.57. The largest absolute Gasteiger partial charge is 0.395 e. The van der Waals surface area contributed by atoms with Crippen molar-refractivity contribution in [1.82, 2.24) is 4.90 Å². The van der Waals surface area contributed by atoms with Crippen molar-refractivity contribution in [3.8, 4) is 0 Å². The van der Waals surface area contributed by atoms with Crippen LogP contribution >= 0.6 is 0 Å². The second-order valence-corrected chi connectivity index (χ2v) is 4.79. The Balaban J connectivity index is 2.67. The van der Waals surface area contributed by atoms with Gasteiger partial charge in [-0.15, -0.1) is 0 Å². The molecule has 0 heterocycles. The molecule has 0 aromatic carbocycles. The fourth-order valence-electron chi connectivity index (χ4n) is 2.63. The van der Waals surface area contributed by atoms with Gasteiger partial charge in [0.15, 0.2) is 0 Å². The number of nitrogens with zero attached hydrogens (tertiary/aromatic N) is 1. The van der Waals surface area contributed by atoms with Gasteiger partial charge in [-0.05, 0) is 25.3 Å². The summed E-state index contributed by atoms with van der Waals surface area (Å²) in [5.74, 6) is -0.446. The van der Waals surface area contributed by atoms with E-state index in [1.165, 1.54) is 0 Å². The Kier molecular flexibility index (Phi) is 6.49. The van der Waals surface area contributed by atoms with Crippen LogP contribution in [0.3, 0.4) is 0 Å². The zero-order valence-corrected chi connectivity index (χ0v) is 10.5. The van der Waals surface area contributed by atoms with Crippen LogP contribution in [-0.4, -0.2) is 48.6 Å². The van der Waals surface area contributed by atoms with Crippen LogP contribution in [0.25, 0.3) is 0 Å². The highest BCUT2D eigenvalue weighted by atomic mass is 19.3. The molecule has 0 bridgehead atoms. The molecule has 1 amide bonds. The number of rotatable bonds is 6. The van der Waals surface area contributed by atoms with Crippen LogP contribution in [0.5, 0.6) is 0 Å². The Labute approximate surface area is 106 Å². The number of carbonyl (C=O) groups excluding carboxylic acids is 1. The standard InChI is InChI=1S/C12H22F2N2O2/c13-11(14)8-16(5-6-17)12(18)10-4-2-1-3-9(10)7-15/h9-11,17H,1-8,15H2. The fraction of sp³-hybridized carbons (Fsp3) is 0.917. The highest BCUT2D eigenvalue weighted by Crippen LogP contribution is 2.30. The Bertz CT molecular complexity index is 264. The summed E-state index contributed by atoms with van der Waals surface area (Å²) in [4.78, 5) is 13.3. The Morgan fingerprint density at radius 3 is 2.61 bits per heavy atom. The molecule has 4 nitrogen and oxygen atoms in total. The predicted octanol–water partition coefficient (Wildman–Crippen LogP) is 0.838. The minimum absolute atomic E-state index is 0.0308. The van der Waals surface area contributed by atoms with E-state index in [4.69, 9.17) is 10.8 Å². The minimum atomic E-state index is -2.57. The molecular weight excluding hydrogens is 242 g/mol. The maximum absolute atomic E-state index is 12.4. The van der Waals surface area contributed by atoms with Gasteiger partial charge < -0.3 is 15.7 Å². The molecule has 2 unspecified atom stereocenters. The van der Waals surface area contributed by atoms with E-state index in [2.05, 4.69) is 0 Å². The van der Waals surface area contributed by atoms with Crippen molar-refractivity contribution in [1.29, 1.82) is 0 Å². The Morgan fingerprint density at radius 1 is 1.39 bits per heavy atom. The molecule has 1 aliphatic carbocycles. The number of halogens is 2. The van der Waals surface area contributed by atoms with E-state index in [9.17, 15) is 13.6 Å². The van der Waals surface area contributed by atoms with E-state index in [-0.39, 0.29) is 30.9 Å². The van der Waals surface area contributed by atoms with E-state index >= 15 is 0 Å². The summed E-state index contributed by atoms with van der Waals surface area (Å²) in [7, 11) is 0. The molecule has 0 spiro atoms. The average molecular weight is 264 g/mol. The van der Waals surface area contributed by atoms with E-state index in [1.807, 2.05) is 0 Å². The van der Waals surface area contributed by atoms with Crippen LogP contribution < -0.4 is 5.73 Å². The van der Waals surface area contributed by atoms with Gasteiger partial charge in [0.1, 0.15) is 0 Å². The third-order valence-corrected chi connectivity index (χ3v) is 3.57. The lowest BCUT2D eigenvalue weighted by molar-refractivity contribution is -0.141. The molecule has 0 radical (unpaired) electrons. The third kappa shape index (κ3) is 4.17. The highest BCUT2D eigenvalue weighted by molar-refractivity contribution is 5.79. The summed E-state index contributed by atoms with van der Waals surface area (Å²) < 4.78 is 24.8. The number of hydrogen-bond donors (Lipinski definition) is 2. The van der Waals surface area contributed by atoms with Crippen molar-refractivity contribution < 1.29 is 18.7 Å². The second kappa shape index (κ2) is 7.63.